The zero-order valence-corrected chi connectivity index (χ0v) is 8.78. The Labute approximate surface area is 84.3 Å². The molecule has 0 fully saturated rings. The standard InChI is InChI=1S/C11H15NO2/c1-12(2)8-9-5-4-6-10(7-9)11(13)14-3/h4-7H,8H2,1-3H3. The van der Waals surface area contributed by atoms with Gasteiger partial charge in [-0.2, -0.15) is 0 Å². The number of carbonyl (C=O) groups is 1. The number of hydrogen-bond acceptors (Lipinski definition) is 3. The Balaban J connectivity index is 2.84. The highest BCUT2D eigenvalue weighted by atomic mass is 16.5. The van der Waals surface area contributed by atoms with Gasteiger partial charge in [0.15, 0.2) is 0 Å². The van der Waals surface area contributed by atoms with Gasteiger partial charge < -0.3 is 9.64 Å². The summed E-state index contributed by atoms with van der Waals surface area (Å²) in [7, 11) is 5.37. The number of hydrogen-bond donors (Lipinski definition) is 0. The SMILES string of the molecule is COC(=O)c1cccc(CN(C)C)c1. The van der Waals surface area contributed by atoms with Gasteiger partial charge in [0, 0.05) is 6.54 Å². The van der Waals surface area contributed by atoms with Crippen LogP contribution in [-0.2, 0) is 11.3 Å². The number of ether oxygens (including phenoxy) is 1. The van der Waals surface area contributed by atoms with Crippen LogP contribution in [0.2, 0.25) is 0 Å². The summed E-state index contributed by atoms with van der Waals surface area (Å²) in [5, 5.41) is 0. The number of rotatable bonds is 3. The third-order valence-electron chi connectivity index (χ3n) is 1.85. The molecule has 0 amide bonds. The second-order valence-electron chi connectivity index (χ2n) is 3.43. The lowest BCUT2D eigenvalue weighted by molar-refractivity contribution is 0.0600. The van der Waals surface area contributed by atoms with Crippen LogP contribution >= 0.6 is 0 Å². The average molecular weight is 193 g/mol. The van der Waals surface area contributed by atoms with Gasteiger partial charge >= 0.3 is 5.97 Å². The van der Waals surface area contributed by atoms with E-state index in [0.717, 1.165) is 12.1 Å². The maximum Gasteiger partial charge on any atom is 0.337 e. The van der Waals surface area contributed by atoms with Crippen LogP contribution in [0.1, 0.15) is 15.9 Å². The lowest BCUT2D eigenvalue weighted by Crippen LogP contribution is -2.11. The number of methoxy groups -OCH3 is 1. The molecule has 0 saturated heterocycles. The summed E-state index contributed by atoms with van der Waals surface area (Å²) in [5.41, 5.74) is 1.71. The van der Waals surface area contributed by atoms with Crippen LogP contribution < -0.4 is 0 Å². The highest BCUT2D eigenvalue weighted by Gasteiger charge is 2.05. The molecule has 0 bridgehead atoms. The molecule has 3 heteroatoms. The first-order chi connectivity index (χ1) is 6.63. The molecule has 0 unspecified atom stereocenters. The smallest absolute Gasteiger partial charge is 0.337 e. The summed E-state index contributed by atoms with van der Waals surface area (Å²) in [4.78, 5) is 13.3. The van der Waals surface area contributed by atoms with Crippen molar-refractivity contribution in [1.82, 2.24) is 4.90 Å². The lowest BCUT2D eigenvalue weighted by atomic mass is 10.1. The first kappa shape index (κ1) is 10.7. The van der Waals surface area contributed by atoms with E-state index in [0.29, 0.717) is 5.56 Å². The van der Waals surface area contributed by atoms with Crippen LogP contribution in [0, 0.1) is 0 Å². The van der Waals surface area contributed by atoms with Gasteiger partial charge in [0.2, 0.25) is 0 Å². The number of esters is 1. The maximum atomic E-state index is 11.2. The quantitative estimate of drug-likeness (QED) is 0.682. The summed E-state index contributed by atoms with van der Waals surface area (Å²) in [5.74, 6) is -0.286. The van der Waals surface area contributed by atoms with Gasteiger partial charge in [0.25, 0.3) is 0 Å². The average Bonchev–Trinajstić information content (AvgIpc) is 2.16. The minimum absolute atomic E-state index is 0.286. The summed E-state index contributed by atoms with van der Waals surface area (Å²) in [6, 6.07) is 7.47. The Morgan fingerprint density at radius 3 is 2.71 bits per heavy atom. The molecule has 0 spiro atoms. The number of benzene rings is 1. The van der Waals surface area contributed by atoms with Crippen molar-refractivity contribution in [2.24, 2.45) is 0 Å². The fourth-order valence-corrected chi connectivity index (χ4v) is 1.28. The van der Waals surface area contributed by atoms with Crippen molar-refractivity contribution in [1.29, 1.82) is 0 Å². The third kappa shape index (κ3) is 2.85. The second kappa shape index (κ2) is 4.77. The molecule has 0 saturated carbocycles. The molecule has 0 radical (unpaired) electrons. The van der Waals surface area contributed by atoms with Gasteiger partial charge in [-0.15, -0.1) is 0 Å². The normalized spacial score (nSPS) is 10.3. The van der Waals surface area contributed by atoms with Crippen molar-refractivity contribution in [3.63, 3.8) is 0 Å². The summed E-state index contributed by atoms with van der Waals surface area (Å²) in [6.45, 7) is 0.824. The van der Waals surface area contributed by atoms with Crippen molar-refractivity contribution in [2.75, 3.05) is 21.2 Å². The minimum atomic E-state index is -0.286. The topological polar surface area (TPSA) is 29.5 Å². The first-order valence-corrected chi connectivity index (χ1v) is 4.45. The van der Waals surface area contributed by atoms with Gasteiger partial charge in [-0.1, -0.05) is 12.1 Å². The van der Waals surface area contributed by atoms with E-state index in [1.54, 1.807) is 6.07 Å². The molecule has 0 heterocycles. The Hall–Kier alpha value is -1.35. The van der Waals surface area contributed by atoms with Crippen LogP contribution in [0.15, 0.2) is 24.3 Å². The predicted octanol–water partition coefficient (Wildman–Crippen LogP) is 1.53. The Morgan fingerprint density at radius 2 is 2.14 bits per heavy atom. The third-order valence-corrected chi connectivity index (χ3v) is 1.85. The van der Waals surface area contributed by atoms with E-state index in [2.05, 4.69) is 9.64 Å². The van der Waals surface area contributed by atoms with E-state index < -0.39 is 0 Å². The maximum absolute atomic E-state index is 11.2. The van der Waals surface area contributed by atoms with Crippen molar-refractivity contribution in [3.8, 4) is 0 Å². The van der Waals surface area contributed by atoms with Crippen LogP contribution in [-0.4, -0.2) is 32.1 Å². The minimum Gasteiger partial charge on any atom is -0.465 e. The largest absolute Gasteiger partial charge is 0.465 e. The monoisotopic (exact) mass is 193 g/mol. The van der Waals surface area contributed by atoms with Gasteiger partial charge in [-0.25, -0.2) is 4.79 Å². The molecular weight excluding hydrogens is 178 g/mol. The Morgan fingerprint density at radius 1 is 1.43 bits per heavy atom. The lowest BCUT2D eigenvalue weighted by Gasteiger charge is -2.10. The second-order valence-corrected chi connectivity index (χ2v) is 3.43. The zero-order chi connectivity index (χ0) is 10.6. The van der Waals surface area contributed by atoms with Crippen molar-refractivity contribution >= 4 is 5.97 Å². The van der Waals surface area contributed by atoms with E-state index >= 15 is 0 Å². The summed E-state index contributed by atoms with van der Waals surface area (Å²) >= 11 is 0. The molecule has 1 rings (SSSR count). The molecule has 0 aromatic heterocycles. The van der Waals surface area contributed by atoms with E-state index in [1.165, 1.54) is 7.11 Å². The molecule has 0 atom stereocenters. The molecule has 0 N–H and O–H groups in total. The van der Waals surface area contributed by atoms with E-state index in [4.69, 9.17) is 0 Å². The number of nitrogens with zero attached hydrogens (tertiary/aromatic N) is 1. The summed E-state index contributed by atoms with van der Waals surface area (Å²) in [6.07, 6.45) is 0. The molecule has 76 valence electrons. The molecule has 14 heavy (non-hydrogen) atoms. The van der Waals surface area contributed by atoms with Gasteiger partial charge in [-0.05, 0) is 31.8 Å². The van der Waals surface area contributed by atoms with E-state index in [-0.39, 0.29) is 5.97 Å². The fraction of sp³-hybridized carbons (Fsp3) is 0.364. The van der Waals surface area contributed by atoms with Crippen LogP contribution in [0.5, 0.6) is 0 Å². The highest BCUT2D eigenvalue weighted by molar-refractivity contribution is 5.89. The van der Waals surface area contributed by atoms with Crippen molar-refractivity contribution in [3.05, 3.63) is 35.4 Å². The Kier molecular flexibility index (Phi) is 3.65. The molecule has 3 nitrogen and oxygen atoms in total. The van der Waals surface area contributed by atoms with Crippen LogP contribution in [0.3, 0.4) is 0 Å². The summed E-state index contributed by atoms with van der Waals surface area (Å²) < 4.78 is 4.64. The van der Waals surface area contributed by atoms with Crippen LogP contribution in [0.4, 0.5) is 0 Å². The molecule has 0 aliphatic rings. The molecule has 0 aliphatic carbocycles. The molecule has 0 aliphatic heterocycles. The fourth-order valence-electron chi connectivity index (χ4n) is 1.28. The first-order valence-electron chi connectivity index (χ1n) is 4.45. The van der Waals surface area contributed by atoms with E-state index in [1.807, 2.05) is 32.3 Å². The van der Waals surface area contributed by atoms with Crippen LogP contribution in [0.25, 0.3) is 0 Å². The highest BCUT2D eigenvalue weighted by Crippen LogP contribution is 2.07. The molecule has 1 aromatic rings. The predicted molar refractivity (Wildman–Crippen MR) is 55.2 cm³/mol. The van der Waals surface area contributed by atoms with Gasteiger partial charge in [-0.3, -0.25) is 0 Å². The molecule has 1 aromatic carbocycles. The van der Waals surface area contributed by atoms with Gasteiger partial charge in [0.05, 0.1) is 12.7 Å². The van der Waals surface area contributed by atoms with E-state index in [9.17, 15) is 4.79 Å². The zero-order valence-electron chi connectivity index (χ0n) is 8.78. The molecular formula is C11H15NO2. The Bertz CT molecular complexity index is 321. The van der Waals surface area contributed by atoms with Crippen molar-refractivity contribution in [2.45, 2.75) is 6.54 Å². The van der Waals surface area contributed by atoms with Crippen molar-refractivity contribution < 1.29 is 9.53 Å². The number of carbonyl (C=O) groups excluding carboxylic acids is 1. The van der Waals surface area contributed by atoms with Gasteiger partial charge in [0.1, 0.15) is 0 Å².